The van der Waals surface area contributed by atoms with Crippen molar-refractivity contribution in [2.75, 3.05) is 44.2 Å². The predicted octanol–water partition coefficient (Wildman–Crippen LogP) is 3.09. The van der Waals surface area contributed by atoms with Gasteiger partial charge in [0, 0.05) is 39.3 Å². The molecule has 0 unspecified atom stereocenters. The van der Waals surface area contributed by atoms with Crippen molar-refractivity contribution < 1.29 is 13.2 Å². The zero-order chi connectivity index (χ0) is 23.0. The van der Waals surface area contributed by atoms with E-state index in [4.69, 9.17) is 11.6 Å². The Morgan fingerprint density at radius 2 is 1.79 bits per heavy atom. The number of nitrogens with zero attached hydrogens (tertiary/aromatic N) is 5. The summed E-state index contributed by atoms with van der Waals surface area (Å²) in [6.07, 6.45) is 1.35. The fraction of sp³-hybridized carbons (Fsp3) is 0.409. The Bertz CT molecular complexity index is 1270. The van der Waals surface area contributed by atoms with E-state index in [0.717, 1.165) is 17.4 Å². The van der Waals surface area contributed by atoms with E-state index in [1.807, 2.05) is 29.2 Å². The third kappa shape index (κ3) is 4.32. The highest BCUT2D eigenvalue weighted by Gasteiger charge is 2.37. The molecule has 1 atom stereocenters. The molecule has 0 radical (unpaired) electrons. The monoisotopic (exact) mass is 505 g/mol. The van der Waals surface area contributed by atoms with Gasteiger partial charge in [0.2, 0.25) is 15.9 Å². The average Bonchev–Trinajstić information content (AvgIpc) is 3.33. The van der Waals surface area contributed by atoms with Crippen molar-refractivity contribution in [1.29, 1.82) is 0 Å². The molecule has 0 saturated carbocycles. The summed E-state index contributed by atoms with van der Waals surface area (Å²) in [6.45, 7) is 3.18. The van der Waals surface area contributed by atoms with Gasteiger partial charge in [-0.3, -0.25) is 4.79 Å². The number of rotatable bonds is 4. The van der Waals surface area contributed by atoms with Crippen LogP contribution < -0.4 is 4.90 Å². The Morgan fingerprint density at radius 3 is 2.58 bits per heavy atom. The van der Waals surface area contributed by atoms with Gasteiger partial charge in [-0.05, 0) is 37.1 Å². The first-order chi connectivity index (χ1) is 15.9. The van der Waals surface area contributed by atoms with Crippen LogP contribution in [0.15, 0.2) is 47.4 Å². The van der Waals surface area contributed by atoms with Crippen molar-refractivity contribution in [3.8, 4) is 0 Å². The van der Waals surface area contributed by atoms with Crippen molar-refractivity contribution in [1.82, 2.24) is 18.0 Å². The van der Waals surface area contributed by atoms with E-state index in [9.17, 15) is 13.2 Å². The third-order valence-corrected chi connectivity index (χ3v) is 9.14. The number of piperazine rings is 1. The Labute approximate surface area is 202 Å². The summed E-state index contributed by atoms with van der Waals surface area (Å²) >= 11 is 7.32. The maximum absolute atomic E-state index is 13.4. The van der Waals surface area contributed by atoms with Crippen LogP contribution in [0.4, 0.5) is 5.69 Å². The number of anilines is 1. The smallest absolute Gasteiger partial charge is 0.245 e. The van der Waals surface area contributed by atoms with Gasteiger partial charge in [0.15, 0.2) is 0 Å². The Morgan fingerprint density at radius 1 is 1.00 bits per heavy atom. The molecule has 2 fully saturated rings. The van der Waals surface area contributed by atoms with Crippen LogP contribution in [0.1, 0.15) is 12.8 Å². The molecule has 33 heavy (non-hydrogen) atoms. The molecule has 1 amide bonds. The summed E-state index contributed by atoms with van der Waals surface area (Å²) in [5.74, 6) is -0.310. The lowest BCUT2D eigenvalue weighted by atomic mass is 9.97. The van der Waals surface area contributed by atoms with E-state index in [1.54, 1.807) is 18.2 Å². The molecule has 3 aromatic rings. The third-order valence-electron chi connectivity index (χ3n) is 6.38. The van der Waals surface area contributed by atoms with E-state index in [0.29, 0.717) is 61.6 Å². The lowest BCUT2D eigenvalue weighted by molar-refractivity contribution is -0.137. The number of amides is 1. The number of hydrogen-bond acceptors (Lipinski definition) is 7. The van der Waals surface area contributed by atoms with Crippen LogP contribution in [0.25, 0.3) is 11.0 Å². The van der Waals surface area contributed by atoms with Gasteiger partial charge in [0.1, 0.15) is 15.9 Å². The minimum absolute atomic E-state index is 0.0299. The van der Waals surface area contributed by atoms with E-state index in [2.05, 4.69) is 13.6 Å². The highest BCUT2D eigenvalue weighted by atomic mass is 35.5. The standard InChI is InChI=1S/C22H24ClN5O3S2/c23-17-6-1-2-8-19(17)26-11-13-27(14-12-26)22(29)16-5-4-10-28(15-16)33(30,31)20-9-3-7-18-21(20)25-32-24-18/h1-3,6-9,16H,4-5,10-15H2/t16-/m1/s1. The minimum atomic E-state index is -3.76. The van der Waals surface area contributed by atoms with E-state index < -0.39 is 10.0 Å². The van der Waals surface area contributed by atoms with Crippen molar-refractivity contribution in [2.45, 2.75) is 17.7 Å². The summed E-state index contributed by atoms with van der Waals surface area (Å²) in [7, 11) is -3.76. The second-order valence-corrected chi connectivity index (χ2v) is 11.2. The first-order valence-electron chi connectivity index (χ1n) is 10.9. The van der Waals surface area contributed by atoms with Gasteiger partial charge in [0.25, 0.3) is 0 Å². The summed E-state index contributed by atoms with van der Waals surface area (Å²) in [6, 6.07) is 12.7. The summed E-state index contributed by atoms with van der Waals surface area (Å²) in [4.78, 5) is 17.5. The van der Waals surface area contributed by atoms with Crippen LogP contribution in [0.3, 0.4) is 0 Å². The molecule has 2 aromatic carbocycles. The molecule has 11 heteroatoms. The maximum atomic E-state index is 13.4. The molecule has 0 spiro atoms. The van der Waals surface area contributed by atoms with E-state index in [-0.39, 0.29) is 23.3 Å². The number of carbonyl (C=O) groups excluding carboxylic acids is 1. The van der Waals surface area contributed by atoms with Crippen molar-refractivity contribution in [3.63, 3.8) is 0 Å². The molecule has 2 aliphatic rings. The molecule has 1 aromatic heterocycles. The predicted molar refractivity (Wildman–Crippen MR) is 129 cm³/mol. The molecule has 0 N–H and O–H groups in total. The van der Waals surface area contributed by atoms with Crippen LogP contribution >= 0.6 is 23.3 Å². The number of para-hydroxylation sites is 1. The van der Waals surface area contributed by atoms with Crippen LogP contribution in [0.5, 0.6) is 0 Å². The van der Waals surface area contributed by atoms with Crippen LogP contribution in [-0.2, 0) is 14.8 Å². The SMILES string of the molecule is O=C([C@@H]1CCCN(S(=O)(=O)c2cccc3nsnc23)C1)N1CCN(c2ccccc2Cl)CC1. The average molecular weight is 506 g/mol. The number of benzene rings is 2. The Balaban J connectivity index is 1.27. The molecule has 2 saturated heterocycles. The number of hydrogen-bond donors (Lipinski definition) is 0. The van der Waals surface area contributed by atoms with E-state index >= 15 is 0 Å². The molecule has 0 bridgehead atoms. The van der Waals surface area contributed by atoms with E-state index in [1.165, 1.54) is 4.31 Å². The van der Waals surface area contributed by atoms with Crippen molar-refractivity contribution in [3.05, 3.63) is 47.5 Å². The lowest BCUT2D eigenvalue weighted by Gasteiger charge is -2.39. The Kier molecular flexibility index (Phi) is 6.26. The fourth-order valence-electron chi connectivity index (χ4n) is 4.63. The van der Waals surface area contributed by atoms with Gasteiger partial charge in [0.05, 0.1) is 28.4 Å². The largest absolute Gasteiger partial charge is 0.367 e. The summed E-state index contributed by atoms with van der Waals surface area (Å²) < 4.78 is 36.6. The van der Waals surface area contributed by atoms with Crippen LogP contribution in [-0.4, -0.2) is 71.5 Å². The lowest BCUT2D eigenvalue weighted by Crippen LogP contribution is -2.53. The fourth-order valence-corrected chi connectivity index (χ4v) is 7.16. The van der Waals surface area contributed by atoms with Gasteiger partial charge < -0.3 is 9.80 Å². The molecule has 8 nitrogen and oxygen atoms in total. The zero-order valence-electron chi connectivity index (χ0n) is 17.9. The van der Waals surface area contributed by atoms with Gasteiger partial charge in [-0.1, -0.05) is 29.8 Å². The maximum Gasteiger partial charge on any atom is 0.245 e. The molecule has 2 aliphatic heterocycles. The minimum Gasteiger partial charge on any atom is -0.367 e. The summed E-state index contributed by atoms with van der Waals surface area (Å²) in [5, 5.41) is 0.704. The second-order valence-electron chi connectivity index (χ2n) is 8.35. The molecular weight excluding hydrogens is 482 g/mol. The molecule has 0 aliphatic carbocycles. The van der Waals surface area contributed by atoms with Gasteiger partial charge in [-0.25, -0.2) is 8.42 Å². The normalized spacial score (nSPS) is 20.3. The molecule has 5 rings (SSSR count). The van der Waals surface area contributed by atoms with Gasteiger partial charge >= 0.3 is 0 Å². The highest BCUT2D eigenvalue weighted by molar-refractivity contribution is 7.89. The van der Waals surface area contributed by atoms with Crippen molar-refractivity contribution >= 4 is 56.0 Å². The number of piperidine rings is 1. The number of sulfonamides is 1. The quantitative estimate of drug-likeness (QED) is 0.541. The number of carbonyl (C=O) groups is 1. The first-order valence-corrected chi connectivity index (χ1v) is 13.5. The zero-order valence-corrected chi connectivity index (χ0v) is 20.3. The first kappa shape index (κ1) is 22.5. The van der Waals surface area contributed by atoms with Crippen LogP contribution in [0.2, 0.25) is 5.02 Å². The Hall–Kier alpha value is -2.27. The van der Waals surface area contributed by atoms with Gasteiger partial charge in [-0.2, -0.15) is 13.1 Å². The van der Waals surface area contributed by atoms with Crippen LogP contribution in [0, 0.1) is 5.92 Å². The topological polar surface area (TPSA) is 86.7 Å². The summed E-state index contributed by atoms with van der Waals surface area (Å²) in [5.41, 5.74) is 1.95. The molecule has 3 heterocycles. The number of halogens is 1. The second kappa shape index (κ2) is 9.17. The molecular formula is C22H24ClN5O3S2. The van der Waals surface area contributed by atoms with Gasteiger partial charge in [-0.15, -0.1) is 0 Å². The number of fused-ring (bicyclic) bond motifs is 1. The number of aromatic nitrogens is 2. The van der Waals surface area contributed by atoms with Crippen molar-refractivity contribution in [2.24, 2.45) is 5.92 Å². The highest BCUT2D eigenvalue weighted by Crippen LogP contribution is 2.30. The molecule has 174 valence electrons.